The van der Waals surface area contributed by atoms with Crippen molar-refractivity contribution in [1.82, 2.24) is 4.90 Å². The number of Topliss-reactive ketones (excluding diaryl/α,β-unsaturated/α-hetero) is 1. The van der Waals surface area contributed by atoms with E-state index < -0.39 is 26.9 Å². The van der Waals surface area contributed by atoms with Crippen molar-refractivity contribution < 1.29 is 22.7 Å². The van der Waals surface area contributed by atoms with Gasteiger partial charge in [0.05, 0.1) is 5.25 Å². The molecule has 1 fully saturated rings. The lowest BCUT2D eigenvalue weighted by molar-refractivity contribution is -0.116. The van der Waals surface area contributed by atoms with Gasteiger partial charge in [0, 0.05) is 19.5 Å². The van der Waals surface area contributed by atoms with Gasteiger partial charge in [-0.15, -0.1) is 0 Å². The van der Waals surface area contributed by atoms with Crippen LogP contribution < -0.4 is 0 Å². The van der Waals surface area contributed by atoms with E-state index in [1.165, 1.54) is 27.2 Å². The second-order valence-corrected chi connectivity index (χ2v) is 11.7. The molecule has 0 N–H and O–H groups in total. The summed E-state index contributed by atoms with van der Waals surface area (Å²) in [7, 11) is -3.60. The topological polar surface area (TPSA) is 80.8 Å². The van der Waals surface area contributed by atoms with E-state index in [0.717, 1.165) is 49.7 Å². The Morgan fingerprint density at radius 1 is 0.939 bits per heavy atom. The summed E-state index contributed by atoms with van der Waals surface area (Å²) in [6.45, 7) is 0.316. The summed E-state index contributed by atoms with van der Waals surface area (Å²) in [4.78, 5) is 26.4. The largest absolute Gasteiger partial charge is 0.445 e. The highest BCUT2D eigenvalue weighted by molar-refractivity contribution is 7.92. The average Bonchev–Trinajstić information content (AvgIpc) is 3.40. The van der Waals surface area contributed by atoms with Crippen LogP contribution in [0, 0.1) is 0 Å². The number of sulfone groups is 1. The van der Waals surface area contributed by atoms with Crippen LogP contribution in [0.2, 0.25) is 0 Å². The van der Waals surface area contributed by atoms with Crippen LogP contribution in [0.25, 0.3) is 0 Å². The van der Waals surface area contributed by atoms with Crippen molar-refractivity contribution >= 4 is 21.7 Å². The molecule has 1 amide bonds. The van der Waals surface area contributed by atoms with Gasteiger partial charge in [0.1, 0.15) is 12.4 Å². The van der Waals surface area contributed by atoms with Gasteiger partial charge in [-0.2, -0.15) is 0 Å². The van der Waals surface area contributed by atoms with Gasteiger partial charge in [0.25, 0.3) is 0 Å². The molecule has 2 aliphatic carbocycles. The van der Waals surface area contributed by atoms with Crippen LogP contribution in [0.5, 0.6) is 0 Å². The van der Waals surface area contributed by atoms with Crippen LogP contribution in [0.3, 0.4) is 0 Å². The Morgan fingerprint density at radius 2 is 1.58 bits per heavy atom. The number of aryl methyl sites for hydroxylation is 2. The molecule has 1 aliphatic heterocycles. The smallest absolute Gasteiger partial charge is 0.410 e. The molecule has 1 saturated heterocycles. The lowest BCUT2D eigenvalue weighted by Crippen LogP contribution is -2.57. The zero-order valence-corrected chi connectivity index (χ0v) is 19.5. The molecule has 5 rings (SSSR count). The Labute approximate surface area is 194 Å². The highest BCUT2D eigenvalue weighted by Crippen LogP contribution is 2.35. The van der Waals surface area contributed by atoms with Crippen LogP contribution in [0.1, 0.15) is 46.2 Å². The van der Waals surface area contributed by atoms with Gasteiger partial charge in [-0.05, 0) is 71.9 Å². The standard InChI is InChI=1S/C26H29NO5S/c28-21(13-25-23-10-4-8-19(23)12-20-9-5-11-24(20)25)17-33(30,31)22-14-27(15-22)26(29)32-16-18-6-2-1-3-7-18/h1-3,6-7,12,22H,4-5,8-11,13-17H2. The van der Waals surface area contributed by atoms with E-state index in [-0.39, 0.29) is 31.9 Å². The first-order chi connectivity index (χ1) is 15.9. The molecule has 2 aromatic rings. The summed E-state index contributed by atoms with van der Waals surface area (Å²) in [5.74, 6) is -0.697. The molecule has 6 nitrogen and oxygen atoms in total. The maximum absolute atomic E-state index is 12.9. The minimum absolute atomic E-state index is 0.0827. The third-order valence-electron chi connectivity index (χ3n) is 7.15. The number of nitrogens with zero attached hydrogens (tertiary/aromatic N) is 1. The molecule has 33 heavy (non-hydrogen) atoms. The minimum atomic E-state index is -3.60. The molecule has 1 heterocycles. The zero-order chi connectivity index (χ0) is 23.0. The van der Waals surface area contributed by atoms with Crippen molar-refractivity contribution in [3.8, 4) is 0 Å². The Kier molecular flexibility index (Phi) is 5.99. The monoisotopic (exact) mass is 467 g/mol. The number of fused-ring (bicyclic) bond motifs is 2. The summed E-state index contributed by atoms with van der Waals surface area (Å²) in [6, 6.07) is 11.7. The zero-order valence-electron chi connectivity index (χ0n) is 18.7. The fourth-order valence-corrected chi connectivity index (χ4v) is 6.96. The third kappa shape index (κ3) is 4.56. The lowest BCUT2D eigenvalue weighted by atomic mass is 9.91. The fourth-order valence-electron chi connectivity index (χ4n) is 5.36. The molecule has 7 heteroatoms. The first-order valence-electron chi connectivity index (χ1n) is 11.7. The van der Waals surface area contributed by atoms with Crippen LogP contribution in [0.4, 0.5) is 4.79 Å². The molecule has 174 valence electrons. The first kappa shape index (κ1) is 22.1. The number of carbonyl (C=O) groups is 2. The van der Waals surface area contributed by atoms with Crippen LogP contribution in [0.15, 0.2) is 36.4 Å². The highest BCUT2D eigenvalue weighted by atomic mass is 32.2. The lowest BCUT2D eigenvalue weighted by Gasteiger charge is -2.37. The Morgan fingerprint density at radius 3 is 2.21 bits per heavy atom. The number of rotatable bonds is 7. The minimum Gasteiger partial charge on any atom is -0.445 e. The fraction of sp³-hybridized carbons (Fsp3) is 0.462. The molecule has 0 unspecified atom stereocenters. The molecular weight excluding hydrogens is 438 g/mol. The number of likely N-dealkylation sites (tertiary alicyclic amines) is 1. The number of ketones is 1. The molecule has 0 spiro atoms. The van der Waals surface area contributed by atoms with E-state index in [4.69, 9.17) is 4.74 Å². The Bertz CT molecular complexity index is 1150. The normalized spacial score (nSPS) is 17.4. The maximum Gasteiger partial charge on any atom is 0.410 e. The predicted molar refractivity (Wildman–Crippen MR) is 125 cm³/mol. The maximum atomic E-state index is 12.9. The number of amides is 1. The Hall–Kier alpha value is -2.67. The second kappa shape index (κ2) is 8.93. The van der Waals surface area contributed by atoms with Gasteiger partial charge in [-0.1, -0.05) is 36.4 Å². The molecule has 0 bridgehead atoms. The van der Waals surface area contributed by atoms with E-state index in [2.05, 4.69) is 6.07 Å². The molecular formula is C26H29NO5S. The average molecular weight is 468 g/mol. The van der Waals surface area contributed by atoms with Crippen molar-refractivity contribution in [2.45, 2.75) is 56.8 Å². The molecule has 0 saturated carbocycles. The molecule has 2 aromatic carbocycles. The van der Waals surface area contributed by atoms with E-state index >= 15 is 0 Å². The van der Waals surface area contributed by atoms with Crippen molar-refractivity contribution in [2.24, 2.45) is 0 Å². The van der Waals surface area contributed by atoms with E-state index in [9.17, 15) is 18.0 Å². The van der Waals surface area contributed by atoms with Gasteiger partial charge >= 0.3 is 6.09 Å². The van der Waals surface area contributed by atoms with Crippen molar-refractivity contribution in [1.29, 1.82) is 0 Å². The summed E-state index contributed by atoms with van der Waals surface area (Å²) in [5.41, 5.74) is 7.27. The summed E-state index contributed by atoms with van der Waals surface area (Å²) >= 11 is 0. The number of ether oxygens (including phenoxy) is 1. The second-order valence-electron chi connectivity index (χ2n) is 9.43. The quantitative estimate of drug-likeness (QED) is 0.625. The number of carbonyl (C=O) groups excluding carboxylic acids is 2. The van der Waals surface area contributed by atoms with Crippen molar-refractivity contribution in [3.05, 3.63) is 69.8 Å². The number of hydrogen-bond acceptors (Lipinski definition) is 5. The van der Waals surface area contributed by atoms with Crippen LogP contribution >= 0.6 is 0 Å². The van der Waals surface area contributed by atoms with Crippen molar-refractivity contribution in [3.63, 3.8) is 0 Å². The van der Waals surface area contributed by atoms with E-state index in [1.807, 2.05) is 30.3 Å². The Balaban J connectivity index is 1.16. The molecule has 0 aromatic heterocycles. The van der Waals surface area contributed by atoms with Gasteiger partial charge in [-0.3, -0.25) is 4.79 Å². The van der Waals surface area contributed by atoms with Crippen molar-refractivity contribution in [2.75, 3.05) is 18.8 Å². The summed E-state index contributed by atoms with van der Waals surface area (Å²) in [5, 5.41) is -0.696. The molecule has 0 atom stereocenters. The summed E-state index contributed by atoms with van der Waals surface area (Å²) < 4.78 is 30.9. The SMILES string of the molecule is O=C(Cc1c2c(cc3c1CCC3)CCC2)CS(=O)(=O)C1CN(C(=O)OCc2ccccc2)C1. The third-order valence-corrected chi connectivity index (χ3v) is 9.19. The predicted octanol–water partition coefficient (Wildman–Crippen LogP) is 3.21. The van der Waals surface area contributed by atoms with Crippen LogP contribution in [-0.2, 0) is 58.1 Å². The number of benzene rings is 2. The van der Waals surface area contributed by atoms with Crippen LogP contribution in [-0.4, -0.2) is 49.3 Å². The molecule has 3 aliphatic rings. The highest BCUT2D eigenvalue weighted by Gasteiger charge is 2.41. The van der Waals surface area contributed by atoms with Gasteiger partial charge < -0.3 is 9.64 Å². The van der Waals surface area contributed by atoms with Gasteiger partial charge in [0.15, 0.2) is 15.6 Å². The molecule has 0 radical (unpaired) electrons. The number of hydrogen-bond donors (Lipinski definition) is 0. The van der Waals surface area contributed by atoms with E-state index in [1.54, 1.807) is 0 Å². The van der Waals surface area contributed by atoms with Gasteiger partial charge in [0.2, 0.25) is 0 Å². The van der Waals surface area contributed by atoms with E-state index in [0.29, 0.717) is 0 Å². The first-order valence-corrected chi connectivity index (χ1v) is 13.5. The summed E-state index contributed by atoms with van der Waals surface area (Å²) in [6.07, 6.45) is 5.99. The van der Waals surface area contributed by atoms with Gasteiger partial charge in [-0.25, -0.2) is 13.2 Å².